The number of hydrogen-bond acceptors (Lipinski definition) is 13. The summed E-state index contributed by atoms with van der Waals surface area (Å²) in [5.41, 5.74) is 6.61. The number of ether oxygens (including phenoxy) is 7. The second-order valence-corrected chi connectivity index (χ2v) is 17.1. The molecule has 3 fully saturated rings. The van der Waals surface area contributed by atoms with Gasteiger partial charge in [0, 0.05) is 55.0 Å². The molecular formula is C37H65N3O9S3. The van der Waals surface area contributed by atoms with E-state index in [1.807, 2.05) is 78.1 Å². The Labute approximate surface area is 325 Å². The highest BCUT2D eigenvalue weighted by molar-refractivity contribution is 7.99. The van der Waals surface area contributed by atoms with Gasteiger partial charge in [0.2, 0.25) is 5.91 Å². The molecule has 300 valence electrons. The second-order valence-electron chi connectivity index (χ2n) is 14.4. The van der Waals surface area contributed by atoms with E-state index in [2.05, 4.69) is 23.1 Å². The van der Waals surface area contributed by atoms with Crippen molar-refractivity contribution in [1.82, 2.24) is 10.6 Å². The van der Waals surface area contributed by atoms with Crippen molar-refractivity contribution in [3.05, 3.63) is 35.9 Å². The Hall–Kier alpha value is -1.27. The Kier molecular flexibility index (Phi) is 21.3. The number of thioether (sulfide) groups is 3. The molecule has 52 heavy (non-hydrogen) atoms. The molecule has 6 atom stereocenters. The number of alkyl carbamates (subject to hydrolysis) is 1. The van der Waals surface area contributed by atoms with Crippen molar-refractivity contribution in [2.45, 2.75) is 90.7 Å². The number of carbonyl (C=O) groups excluding carboxylic acids is 2. The van der Waals surface area contributed by atoms with Gasteiger partial charge in [-0.3, -0.25) is 4.79 Å². The summed E-state index contributed by atoms with van der Waals surface area (Å²) in [4.78, 5) is 22.7. The molecule has 4 N–H and O–H groups in total. The fourth-order valence-corrected chi connectivity index (χ4v) is 7.72. The number of hydrogen-bond donors (Lipinski definition) is 3. The van der Waals surface area contributed by atoms with Crippen LogP contribution in [0.4, 0.5) is 4.79 Å². The zero-order valence-electron chi connectivity index (χ0n) is 32.9. The molecule has 2 amide bonds. The number of rotatable bonds is 14. The van der Waals surface area contributed by atoms with E-state index < -0.39 is 23.5 Å². The van der Waals surface area contributed by atoms with Gasteiger partial charge in [0.15, 0.2) is 17.4 Å². The van der Waals surface area contributed by atoms with Crippen molar-refractivity contribution in [1.29, 1.82) is 0 Å². The Morgan fingerprint density at radius 1 is 0.808 bits per heavy atom. The average Bonchev–Trinajstić information content (AvgIpc) is 3.45. The highest BCUT2D eigenvalue weighted by Gasteiger charge is 2.38. The Morgan fingerprint density at radius 3 is 1.85 bits per heavy atom. The summed E-state index contributed by atoms with van der Waals surface area (Å²) in [5, 5.41) is 5.65. The average molecular weight is 792 g/mol. The van der Waals surface area contributed by atoms with Gasteiger partial charge in [-0.25, -0.2) is 4.79 Å². The van der Waals surface area contributed by atoms with E-state index in [1.165, 1.54) is 6.92 Å². The molecule has 0 saturated carbocycles. The van der Waals surface area contributed by atoms with Gasteiger partial charge < -0.3 is 49.5 Å². The van der Waals surface area contributed by atoms with Crippen molar-refractivity contribution >= 4 is 47.3 Å². The first kappa shape index (κ1) is 46.9. The molecule has 0 spiro atoms. The van der Waals surface area contributed by atoms with Crippen molar-refractivity contribution in [3.8, 4) is 0 Å². The molecule has 1 aromatic rings. The Balaban J connectivity index is 0.000000284. The molecule has 3 saturated heterocycles. The molecule has 3 aliphatic heterocycles. The van der Waals surface area contributed by atoms with Crippen LogP contribution in [0.5, 0.6) is 0 Å². The molecule has 0 aromatic heterocycles. The quantitative estimate of drug-likeness (QED) is 0.222. The van der Waals surface area contributed by atoms with E-state index in [9.17, 15) is 9.59 Å². The fraction of sp³-hybridized carbons (Fsp3) is 0.784. The number of benzene rings is 1. The summed E-state index contributed by atoms with van der Waals surface area (Å²) >= 11 is 5.28. The smallest absolute Gasteiger partial charge is 0.407 e. The molecule has 15 heteroatoms. The monoisotopic (exact) mass is 791 g/mol. The summed E-state index contributed by atoms with van der Waals surface area (Å²) < 4.78 is 39.5. The lowest BCUT2D eigenvalue weighted by molar-refractivity contribution is -0.286. The molecule has 0 radical (unpaired) electrons. The van der Waals surface area contributed by atoms with Gasteiger partial charge in [0.1, 0.15) is 6.61 Å². The second kappa shape index (κ2) is 23.6. The van der Waals surface area contributed by atoms with E-state index in [1.54, 1.807) is 35.3 Å². The molecular weight excluding hydrogens is 727 g/mol. The Bertz CT molecular complexity index is 1170. The third-order valence-electron chi connectivity index (χ3n) is 8.45. The van der Waals surface area contributed by atoms with E-state index >= 15 is 0 Å². The molecule has 0 bridgehead atoms. The van der Waals surface area contributed by atoms with Crippen LogP contribution in [-0.4, -0.2) is 123 Å². The predicted octanol–water partition coefficient (Wildman–Crippen LogP) is 5.37. The van der Waals surface area contributed by atoms with E-state index in [4.69, 9.17) is 38.9 Å². The van der Waals surface area contributed by atoms with Gasteiger partial charge in [0.05, 0.1) is 38.1 Å². The van der Waals surface area contributed by atoms with Crippen LogP contribution in [0.2, 0.25) is 0 Å². The minimum Gasteiger partial charge on any atom is -0.445 e. The summed E-state index contributed by atoms with van der Waals surface area (Å²) in [6.07, 6.45) is 6.15. The highest BCUT2D eigenvalue weighted by atomic mass is 32.2. The molecule has 4 rings (SSSR count). The van der Waals surface area contributed by atoms with Crippen LogP contribution in [0, 0.1) is 17.8 Å². The minimum absolute atomic E-state index is 0.00396. The summed E-state index contributed by atoms with van der Waals surface area (Å²) in [7, 11) is 0. The van der Waals surface area contributed by atoms with Crippen LogP contribution in [0.3, 0.4) is 0 Å². The fourth-order valence-electron chi connectivity index (χ4n) is 5.62. The summed E-state index contributed by atoms with van der Waals surface area (Å²) in [5.74, 6) is 2.12. The first-order chi connectivity index (χ1) is 24.5. The maximum absolute atomic E-state index is 11.8. The van der Waals surface area contributed by atoms with Crippen LogP contribution in [-0.2, 0) is 44.6 Å². The number of carbonyl (C=O) groups is 2. The third kappa shape index (κ3) is 18.4. The van der Waals surface area contributed by atoms with Crippen molar-refractivity contribution in [2.24, 2.45) is 23.5 Å². The van der Waals surface area contributed by atoms with Crippen LogP contribution in [0.1, 0.15) is 54.0 Å². The molecule has 3 aliphatic rings. The van der Waals surface area contributed by atoms with Gasteiger partial charge in [-0.05, 0) is 72.4 Å². The van der Waals surface area contributed by atoms with Gasteiger partial charge in [-0.15, -0.1) is 0 Å². The predicted molar refractivity (Wildman–Crippen MR) is 213 cm³/mol. The highest BCUT2D eigenvalue weighted by Crippen LogP contribution is 2.29. The SMILES string of the molecule is CSC[C@@H](CNC(C)=O)C1COC(C)(C)O1.CSC[C@@H]1OC(C)(C)OCC1CN.CSC[C@@H]1OC(C)(C)OCC1CNC(=O)OCc1ccccc1. The lowest BCUT2D eigenvalue weighted by Gasteiger charge is -2.41. The van der Waals surface area contributed by atoms with Gasteiger partial charge in [-0.1, -0.05) is 30.3 Å². The maximum Gasteiger partial charge on any atom is 0.407 e. The summed E-state index contributed by atoms with van der Waals surface area (Å²) in [6.45, 7) is 17.0. The molecule has 3 heterocycles. The van der Waals surface area contributed by atoms with E-state index in [0.29, 0.717) is 51.3 Å². The number of nitrogens with one attached hydrogen (secondary N) is 2. The van der Waals surface area contributed by atoms with Gasteiger partial charge in [0.25, 0.3) is 0 Å². The standard InChI is InChI=1S/C17H25NO4S.C11H21NO3S.C9H19NO2S/c1-17(2)21-11-14(15(22-17)12-23-3)9-18-16(19)20-10-13-7-5-4-6-8-13;1-8(13)12-5-9(7-16-4)10-6-14-11(2,3)15-10;1-9(2)11-5-7(4-10)8(12-9)6-13-3/h4-8,14-15H,9-12H2,1-3H3,(H,18,19);9-10H,5-7H2,1-4H3,(H,12,13);7-8H,4-6,10H2,1-3H3/t14?,15-;9-,10?;7?,8-/m010/s1. The number of nitrogens with two attached hydrogens (primary N) is 1. The van der Waals surface area contributed by atoms with Crippen molar-refractivity contribution in [2.75, 3.05) is 75.5 Å². The lowest BCUT2D eigenvalue weighted by atomic mass is 10.0. The third-order valence-corrected chi connectivity index (χ3v) is 10.5. The van der Waals surface area contributed by atoms with E-state index in [0.717, 1.165) is 22.8 Å². The molecule has 3 unspecified atom stereocenters. The van der Waals surface area contributed by atoms with Crippen LogP contribution < -0.4 is 16.4 Å². The molecule has 12 nitrogen and oxygen atoms in total. The zero-order valence-corrected chi connectivity index (χ0v) is 35.3. The van der Waals surface area contributed by atoms with E-state index in [-0.39, 0.29) is 36.7 Å². The largest absolute Gasteiger partial charge is 0.445 e. The zero-order chi connectivity index (χ0) is 38.8. The van der Waals surface area contributed by atoms with Crippen molar-refractivity contribution < 1.29 is 42.7 Å². The number of amides is 2. The van der Waals surface area contributed by atoms with Gasteiger partial charge >= 0.3 is 6.09 Å². The first-order valence-corrected chi connectivity index (χ1v) is 22.0. The lowest BCUT2D eigenvalue weighted by Crippen LogP contribution is -2.50. The molecule has 0 aliphatic carbocycles. The summed E-state index contributed by atoms with van der Waals surface area (Å²) in [6, 6.07) is 9.61. The normalized spacial score (nSPS) is 26.4. The minimum atomic E-state index is -0.565. The van der Waals surface area contributed by atoms with Crippen LogP contribution in [0.15, 0.2) is 30.3 Å². The molecule has 1 aromatic carbocycles. The van der Waals surface area contributed by atoms with Gasteiger partial charge in [-0.2, -0.15) is 35.3 Å². The maximum atomic E-state index is 11.8. The first-order valence-electron chi connectivity index (χ1n) is 17.8. The van der Waals surface area contributed by atoms with Crippen LogP contribution >= 0.6 is 35.3 Å². The van der Waals surface area contributed by atoms with Crippen molar-refractivity contribution in [3.63, 3.8) is 0 Å². The Morgan fingerprint density at radius 2 is 1.35 bits per heavy atom. The van der Waals surface area contributed by atoms with Crippen LogP contribution in [0.25, 0.3) is 0 Å². The topological polar surface area (TPSA) is 149 Å².